The predicted octanol–water partition coefficient (Wildman–Crippen LogP) is 8.45. The molecule has 314 valence electrons. The summed E-state index contributed by atoms with van der Waals surface area (Å²) < 4.78 is 24.4. The maximum absolute atomic E-state index is 10.7. The molecule has 0 bridgehead atoms. The van der Waals surface area contributed by atoms with Crippen molar-refractivity contribution < 1.29 is 18.9 Å². The summed E-state index contributed by atoms with van der Waals surface area (Å²) in [5.41, 5.74) is 9.47. The van der Waals surface area contributed by atoms with E-state index in [4.69, 9.17) is 40.5 Å². The van der Waals surface area contributed by atoms with Crippen molar-refractivity contribution in [2.45, 2.75) is 94.3 Å². The van der Waals surface area contributed by atoms with Crippen LogP contribution in [-0.2, 0) is 64.3 Å². The number of benzene rings is 2. The van der Waals surface area contributed by atoms with Crippen LogP contribution in [0, 0.1) is 29.6 Å². The number of aryl methyl sites for hydroxylation is 3. The quantitative estimate of drug-likeness (QED) is 0.127. The number of fused-ring (bicyclic) bond motifs is 2. The second-order valence-electron chi connectivity index (χ2n) is 17.0. The van der Waals surface area contributed by atoms with Crippen LogP contribution < -0.4 is 9.80 Å². The van der Waals surface area contributed by atoms with Crippen molar-refractivity contribution in [1.29, 1.82) is 10.5 Å². The van der Waals surface area contributed by atoms with Gasteiger partial charge in [-0.05, 0) is 80.5 Å². The molecule has 4 aromatic rings. The molecule has 60 heavy (non-hydrogen) atoms. The zero-order chi connectivity index (χ0) is 41.9. The number of pyridine rings is 2. The molecule has 0 N–H and O–H groups in total. The van der Waals surface area contributed by atoms with Gasteiger partial charge in [-0.1, -0.05) is 47.5 Å². The van der Waals surface area contributed by atoms with Crippen molar-refractivity contribution in [2.24, 2.45) is 0 Å². The highest BCUT2D eigenvalue weighted by atomic mass is 35.5. The number of morpholine rings is 2. The lowest BCUT2D eigenvalue weighted by Crippen LogP contribution is -2.41. The van der Waals surface area contributed by atoms with E-state index in [9.17, 15) is 10.5 Å². The molecule has 0 spiro atoms. The lowest BCUT2D eigenvalue weighted by molar-refractivity contribution is -0.0537. The van der Waals surface area contributed by atoms with Crippen molar-refractivity contribution in [3.8, 4) is 12.1 Å². The number of halogens is 1. The first-order valence-corrected chi connectivity index (χ1v) is 23.3. The van der Waals surface area contributed by atoms with Crippen LogP contribution in [-0.4, -0.2) is 85.3 Å². The molecule has 10 nitrogen and oxygen atoms in total. The summed E-state index contributed by atoms with van der Waals surface area (Å²) in [5.74, 6) is 3.41. The van der Waals surface area contributed by atoms with Crippen LogP contribution in [0.4, 0.5) is 11.6 Å². The zero-order valence-corrected chi connectivity index (χ0v) is 37.5. The number of hydrogen-bond acceptors (Lipinski definition) is 12. The molecule has 8 rings (SSSR count). The fourth-order valence-corrected chi connectivity index (χ4v) is 11.1. The Bertz CT molecular complexity index is 2320. The van der Waals surface area contributed by atoms with Gasteiger partial charge in [-0.3, -0.25) is 0 Å². The van der Waals surface area contributed by atoms with Crippen LogP contribution in [0.5, 0.6) is 0 Å². The third kappa shape index (κ3) is 9.77. The number of ether oxygens (including phenoxy) is 4. The van der Waals surface area contributed by atoms with Crippen molar-refractivity contribution in [1.82, 2.24) is 9.97 Å². The van der Waals surface area contributed by atoms with Crippen molar-refractivity contribution in [3.63, 3.8) is 0 Å². The highest BCUT2D eigenvalue weighted by Gasteiger charge is 2.37. The molecular formula is C47H53ClN6O4S2. The standard InChI is InChI=1S/C47H53ClN6O4S2/c1-31-20-33(9-19-60-44-38(27-49)36-25-46(2,3)57-29-40(36)42(51-44)53-10-14-55-15-11-53)22-34(21-31)24-47(4)26-37-39(28-50)45(59-18-8-32-6-5-7-35(48)23-32)52-43(41(37)30-58-47)54-12-16-56-17-13-54/h5-7,20-23H,8-19,24-26,29-30H2,1-4H3. The molecule has 0 amide bonds. The van der Waals surface area contributed by atoms with Gasteiger partial charge in [0.1, 0.15) is 33.8 Å². The monoisotopic (exact) mass is 864 g/mol. The minimum Gasteiger partial charge on any atom is -0.378 e. The third-order valence-corrected chi connectivity index (χ3v) is 14.0. The van der Waals surface area contributed by atoms with E-state index in [1.54, 1.807) is 23.5 Å². The van der Waals surface area contributed by atoms with Gasteiger partial charge in [0.25, 0.3) is 0 Å². The Morgan fingerprint density at radius 3 is 1.83 bits per heavy atom. The van der Waals surface area contributed by atoms with Gasteiger partial charge in [-0.2, -0.15) is 10.5 Å². The van der Waals surface area contributed by atoms with Crippen molar-refractivity contribution in [2.75, 3.05) is 73.9 Å². The summed E-state index contributed by atoms with van der Waals surface area (Å²) in [4.78, 5) is 14.9. The lowest BCUT2D eigenvalue weighted by Gasteiger charge is -2.39. The van der Waals surface area contributed by atoms with Gasteiger partial charge < -0.3 is 28.7 Å². The minimum atomic E-state index is -0.521. The van der Waals surface area contributed by atoms with Crippen molar-refractivity contribution >= 4 is 46.8 Å². The average Bonchev–Trinajstić information content (AvgIpc) is 3.23. The van der Waals surface area contributed by atoms with E-state index in [1.807, 2.05) is 18.2 Å². The van der Waals surface area contributed by atoms with Gasteiger partial charge in [0.05, 0.1) is 62.0 Å². The molecule has 6 heterocycles. The number of rotatable bonds is 12. The number of nitriles is 2. The van der Waals surface area contributed by atoms with E-state index in [0.29, 0.717) is 70.0 Å². The molecule has 0 aliphatic carbocycles. The van der Waals surface area contributed by atoms with E-state index in [1.165, 1.54) is 16.7 Å². The van der Waals surface area contributed by atoms with E-state index >= 15 is 0 Å². The molecule has 4 aliphatic heterocycles. The van der Waals surface area contributed by atoms with Crippen LogP contribution >= 0.6 is 35.1 Å². The zero-order valence-electron chi connectivity index (χ0n) is 35.1. The average molecular weight is 866 g/mol. The summed E-state index contributed by atoms with van der Waals surface area (Å²) in [6, 6.07) is 19.9. The summed E-state index contributed by atoms with van der Waals surface area (Å²) in [6.45, 7) is 15.0. The molecule has 0 saturated carbocycles. The first-order chi connectivity index (χ1) is 29.0. The Balaban J connectivity index is 1.01. The third-order valence-electron chi connectivity index (χ3n) is 11.8. The molecule has 2 aromatic carbocycles. The second-order valence-corrected chi connectivity index (χ2v) is 19.6. The molecule has 2 saturated heterocycles. The highest BCUT2D eigenvalue weighted by Crippen LogP contribution is 2.42. The summed E-state index contributed by atoms with van der Waals surface area (Å²) in [5, 5.41) is 23.5. The predicted molar refractivity (Wildman–Crippen MR) is 239 cm³/mol. The lowest BCUT2D eigenvalue weighted by atomic mass is 9.83. The van der Waals surface area contributed by atoms with Gasteiger partial charge in [-0.15, -0.1) is 23.5 Å². The first kappa shape index (κ1) is 42.8. The van der Waals surface area contributed by atoms with Crippen LogP contribution in [0.3, 0.4) is 0 Å². The van der Waals surface area contributed by atoms with Crippen LogP contribution in [0.25, 0.3) is 0 Å². The fraction of sp³-hybridized carbons (Fsp3) is 0.489. The normalized spacial score (nSPS) is 19.9. The Morgan fingerprint density at radius 1 is 0.700 bits per heavy atom. The number of nitrogens with zero attached hydrogens (tertiary/aromatic N) is 6. The van der Waals surface area contributed by atoms with Crippen LogP contribution in [0.15, 0.2) is 52.5 Å². The number of aromatic nitrogens is 2. The van der Waals surface area contributed by atoms with E-state index < -0.39 is 5.60 Å². The number of hydrogen-bond donors (Lipinski definition) is 0. The topological polar surface area (TPSA) is 117 Å². The number of anilines is 2. The smallest absolute Gasteiger partial charge is 0.135 e. The fourth-order valence-electron chi connectivity index (χ4n) is 8.85. The molecule has 4 aliphatic rings. The van der Waals surface area contributed by atoms with Gasteiger partial charge in [0, 0.05) is 73.1 Å². The molecule has 0 radical (unpaired) electrons. The van der Waals surface area contributed by atoms with Gasteiger partial charge in [0.15, 0.2) is 0 Å². The van der Waals surface area contributed by atoms with Crippen molar-refractivity contribution in [3.05, 3.63) is 103 Å². The van der Waals surface area contributed by atoms with Crippen LogP contribution in [0.1, 0.15) is 76.4 Å². The van der Waals surface area contributed by atoms with E-state index in [0.717, 1.165) is 105 Å². The Labute approximate surface area is 367 Å². The summed E-state index contributed by atoms with van der Waals surface area (Å²) >= 11 is 9.58. The first-order valence-electron chi connectivity index (χ1n) is 21.0. The Hall–Kier alpha value is -3.85. The SMILES string of the molecule is Cc1cc(CCSc2nc(N3CCOCC3)c3c(c2C#N)CC(C)(C)OC3)cc(CC2(C)Cc3c(C#N)c(SCCc4cccc(Cl)c4)nc(N4CCOCC4)c3CO2)c1. The summed E-state index contributed by atoms with van der Waals surface area (Å²) in [6.07, 6.45) is 3.64. The Morgan fingerprint density at radius 2 is 1.25 bits per heavy atom. The maximum Gasteiger partial charge on any atom is 0.135 e. The van der Waals surface area contributed by atoms with Crippen LogP contribution in [0.2, 0.25) is 5.02 Å². The maximum atomic E-state index is 10.7. The summed E-state index contributed by atoms with van der Waals surface area (Å²) in [7, 11) is 0. The van der Waals surface area contributed by atoms with E-state index in [-0.39, 0.29) is 5.60 Å². The molecule has 2 aromatic heterocycles. The minimum absolute atomic E-state index is 0.347. The highest BCUT2D eigenvalue weighted by molar-refractivity contribution is 7.99. The second kappa shape index (κ2) is 18.6. The molecule has 1 unspecified atom stereocenters. The van der Waals surface area contributed by atoms with Gasteiger partial charge in [0.2, 0.25) is 0 Å². The molecular weight excluding hydrogens is 812 g/mol. The largest absolute Gasteiger partial charge is 0.378 e. The van der Waals surface area contributed by atoms with E-state index in [2.05, 4.69) is 73.9 Å². The molecule has 13 heteroatoms. The molecule has 2 fully saturated rings. The molecule has 1 atom stereocenters. The number of thioether (sulfide) groups is 2. The van der Waals surface area contributed by atoms with Gasteiger partial charge >= 0.3 is 0 Å². The van der Waals surface area contributed by atoms with Gasteiger partial charge in [-0.25, -0.2) is 9.97 Å². The Kier molecular flexibility index (Phi) is 13.3.